The van der Waals surface area contributed by atoms with Crippen LogP contribution in [-0.2, 0) is 11.8 Å². The number of thiophene rings is 1. The molecule has 0 radical (unpaired) electrons. The molecule has 0 fully saturated rings. The molecule has 0 nitrogen and oxygen atoms in total. The lowest BCUT2D eigenvalue weighted by atomic mass is 9.79. The zero-order chi connectivity index (χ0) is 18.6. The van der Waals surface area contributed by atoms with E-state index >= 15 is 0 Å². The fraction of sp³-hybridized carbons (Fsp3) is 0.217. The van der Waals surface area contributed by atoms with E-state index in [4.69, 9.17) is 18.0 Å². The van der Waals surface area contributed by atoms with Crippen molar-refractivity contribution in [3.05, 3.63) is 81.3 Å². The highest BCUT2D eigenvalue weighted by atomic mass is 35.5. The molecule has 132 valence electrons. The monoisotopic (exact) mass is 382 g/mol. The number of hydrogen-bond donors (Lipinski definition) is 0. The van der Waals surface area contributed by atoms with Crippen molar-refractivity contribution in [1.29, 1.82) is 0 Å². The van der Waals surface area contributed by atoms with Crippen LogP contribution in [0.25, 0.3) is 11.1 Å². The maximum Gasteiger partial charge on any atom is 0.141 e. The first-order chi connectivity index (χ1) is 12.5. The molecule has 0 saturated carbocycles. The topological polar surface area (TPSA) is 0 Å². The van der Waals surface area contributed by atoms with Crippen LogP contribution >= 0.6 is 22.9 Å². The van der Waals surface area contributed by atoms with E-state index in [-0.39, 0.29) is 11.2 Å². The Kier molecular flexibility index (Phi) is 5.81. The van der Waals surface area contributed by atoms with Crippen LogP contribution in [0, 0.1) is 18.2 Å². The molecule has 3 heteroatoms. The average Bonchev–Trinajstić information content (AvgIpc) is 3.03. The Morgan fingerprint density at radius 1 is 1.12 bits per heavy atom. The fourth-order valence-electron chi connectivity index (χ4n) is 3.18. The minimum absolute atomic E-state index is 0.145. The van der Waals surface area contributed by atoms with E-state index in [2.05, 4.69) is 12.8 Å². The van der Waals surface area contributed by atoms with Gasteiger partial charge in [-0.1, -0.05) is 60.0 Å². The first-order valence-corrected chi connectivity index (χ1v) is 9.84. The maximum atomic E-state index is 14.3. The van der Waals surface area contributed by atoms with Gasteiger partial charge in [-0.2, -0.15) is 0 Å². The van der Waals surface area contributed by atoms with Crippen LogP contribution in [0.2, 0.25) is 5.02 Å². The SMILES string of the molecule is C#CC(C)(CCCc1scc(F)c1-c1ccccc1)c1ccc(Cl)cc1. The summed E-state index contributed by atoms with van der Waals surface area (Å²) in [6, 6.07) is 17.4. The zero-order valence-corrected chi connectivity index (χ0v) is 16.2. The van der Waals surface area contributed by atoms with E-state index in [0.29, 0.717) is 5.02 Å². The van der Waals surface area contributed by atoms with Gasteiger partial charge in [0.1, 0.15) is 5.82 Å². The molecule has 0 bridgehead atoms. The van der Waals surface area contributed by atoms with Crippen LogP contribution in [0.1, 0.15) is 30.2 Å². The quantitative estimate of drug-likeness (QED) is 0.398. The molecule has 26 heavy (non-hydrogen) atoms. The van der Waals surface area contributed by atoms with E-state index < -0.39 is 0 Å². The summed E-state index contributed by atoms with van der Waals surface area (Å²) in [7, 11) is 0. The second-order valence-electron chi connectivity index (χ2n) is 6.58. The van der Waals surface area contributed by atoms with Crippen LogP contribution in [0.5, 0.6) is 0 Å². The molecule has 0 aliphatic rings. The van der Waals surface area contributed by atoms with Gasteiger partial charge < -0.3 is 0 Å². The maximum absolute atomic E-state index is 14.3. The minimum Gasteiger partial charge on any atom is -0.205 e. The van der Waals surface area contributed by atoms with Crippen LogP contribution in [0.3, 0.4) is 0 Å². The summed E-state index contributed by atoms with van der Waals surface area (Å²) < 4.78 is 14.3. The van der Waals surface area contributed by atoms with Crippen molar-refractivity contribution in [3.8, 4) is 23.5 Å². The Morgan fingerprint density at radius 2 is 1.81 bits per heavy atom. The highest BCUT2D eigenvalue weighted by Gasteiger charge is 2.24. The molecule has 0 N–H and O–H groups in total. The van der Waals surface area contributed by atoms with Gasteiger partial charge in [0.15, 0.2) is 0 Å². The van der Waals surface area contributed by atoms with E-state index in [1.807, 2.05) is 54.6 Å². The summed E-state index contributed by atoms with van der Waals surface area (Å²) in [6.45, 7) is 2.07. The van der Waals surface area contributed by atoms with Gasteiger partial charge in [0.05, 0.1) is 5.41 Å². The van der Waals surface area contributed by atoms with Crippen LogP contribution in [0.4, 0.5) is 4.39 Å². The predicted octanol–water partition coefficient (Wildman–Crippen LogP) is 7.12. The Bertz CT molecular complexity index is 906. The number of hydrogen-bond acceptors (Lipinski definition) is 1. The molecule has 0 spiro atoms. The molecular formula is C23H20ClFS. The molecule has 1 unspecified atom stereocenters. The average molecular weight is 383 g/mol. The third-order valence-electron chi connectivity index (χ3n) is 4.77. The van der Waals surface area contributed by atoms with Gasteiger partial charge in [0.2, 0.25) is 0 Å². The van der Waals surface area contributed by atoms with E-state index in [1.165, 1.54) is 11.3 Å². The molecule has 1 atom stereocenters. The van der Waals surface area contributed by atoms with Crippen molar-refractivity contribution in [1.82, 2.24) is 0 Å². The third-order valence-corrected chi connectivity index (χ3v) is 6.03. The molecule has 0 aliphatic heterocycles. The fourth-order valence-corrected chi connectivity index (χ4v) is 4.27. The molecule has 3 aromatic rings. The van der Waals surface area contributed by atoms with Crippen molar-refractivity contribution in [2.45, 2.75) is 31.6 Å². The molecule has 0 amide bonds. The van der Waals surface area contributed by atoms with Gasteiger partial charge in [-0.05, 0) is 49.4 Å². The summed E-state index contributed by atoms with van der Waals surface area (Å²) in [6.07, 6.45) is 8.37. The Morgan fingerprint density at radius 3 is 2.46 bits per heavy atom. The van der Waals surface area contributed by atoms with Gasteiger partial charge >= 0.3 is 0 Å². The van der Waals surface area contributed by atoms with Gasteiger partial charge in [-0.3, -0.25) is 0 Å². The standard InChI is InChI=1S/C23H20ClFS/c1-3-23(2,18-11-13-19(24)14-12-18)15-7-10-21-22(20(25)16-26-21)17-8-5-4-6-9-17/h1,4-6,8-9,11-14,16H,7,10,15H2,2H3. The van der Waals surface area contributed by atoms with E-state index in [9.17, 15) is 4.39 Å². The Hall–Kier alpha value is -2.08. The second kappa shape index (κ2) is 8.08. The van der Waals surface area contributed by atoms with Gasteiger partial charge in [-0.25, -0.2) is 4.39 Å². The van der Waals surface area contributed by atoms with Crippen molar-refractivity contribution >= 4 is 22.9 Å². The van der Waals surface area contributed by atoms with Crippen LogP contribution in [0.15, 0.2) is 60.0 Å². The Labute approximate surface area is 163 Å². The Balaban J connectivity index is 1.74. The lowest BCUT2D eigenvalue weighted by Gasteiger charge is -2.24. The highest BCUT2D eigenvalue weighted by molar-refractivity contribution is 7.10. The molecule has 3 rings (SSSR count). The summed E-state index contributed by atoms with van der Waals surface area (Å²) >= 11 is 7.46. The summed E-state index contributed by atoms with van der Waals surface area (Å²) in [5.41, 5.74) is 2.39. The number of benzene rings is 2. The first-order valence-electron chi connectivity index (χ1n) is 8.58. The molecule has 2 aromatic carbocycles. The van der Waals surface area contributed by atoms with Crippen molar-refractivity contribution in [3.63, 3.8) is 0 Å². The van der Waals surface area contributed by atoms with Crippen LogP contribution < -0.4 is 0 Å². The summed E-state index contributed by atoms with van der Waals surface area (Å²) in [5.74, 6) is 2.79. The minimum atomic E-state index is -0.354. The normalized spacial score (nSPS) is 13.2. The lowest BCUT2D eigenvalue weighted by Crippen LogP contribution is -2.19. The third kappa shape index (κ3) is 4.01. The second-order valence-corrected chi connectivity index (χ2v) is 7.99. The smallest absolute Gasteiger partial charge is 0.141 e. The van der Waals surface area contributed by atoms with Crippen molar-refractivity contribution in [2.24, 2.45) is 0 Å². The number of rotatable bonds is 6. The van der Waals surface area contributed by atoms with Gasteiger partial charge in [0, 0.05) is 20.8 Å². The van der Waals surface area contributed by atoms with Crippen molar-refractivity contribution < 1.29 is 4.39 Å². The summed E-state index contributed by atoms with van der Waals surface area (Å²) in [5, 5.41) is 2.30. The van der Waals surface area contributed by atoms with E-state index in [0.717, 1.165) is 40.8 Å². The van der Waals surface area contributed by atoms with Gasteiger partial charge in [-0.15, -0.1) is 17.8 Å². The number of halogens is 2. The molecular weight excluding hydrogens is 363 g/mol. The number of terminal acetylenes is 1. The molecule has 1 aromatic heterocycles. The highest BCUT2D eigenvalue weighted by Crippen LogP contribution is 2.35. The molecule has 0 saturated heterocycles. The largest absolute Gasteiger partial charge is 0.205 e. The predicted molar refractivity (Wildman–Crippen MR) is 110 cm³/mol. The number of aryl methyl sites for hydroxylation is 1. The van der Waals surface area contributed by atoms with E-state index in [1.54, 1.807) is 5.38 Å². The molecule has 0 aliphatic carbocycles. The first kappa shape index (κ1) is 18.7. The zero-order valence-electron chi connectivity index (χ0n) is 14.6. The lowest BCUT2D eigenvalue weighted by molar-refractivity contribution is 0.534. The van der Waals surface area contributed by atoms with Crippen molar-refractivity contribution in [2.75, 3.05) is 0 Å². The van der Waals surface area contributed by atoms with Crippen LogP contribution in [-0.4, -0.2) is 0 Å². The van der Waals surface area contributed by atoms with Gasteiger partial charge in [0.25, 0.3) is 0 Å². The molecule has 1 heterocycles. The summed E-state index contributed by atoms with van der Waals surface area (Å²) in [4.78, 5) is 1.07.